The molecule has 1 aromatic heterocycles. The minimum Gasteiger partial charge on any atom is -0.493 e. The predicted octanol–water partition coefficient (Wildman–Crippen LogP) is 6.17. The fourth-order valence-electron chi connectivity index (χ4n) is 4.18. The second-order valence-corrected chi connectivity index (χ2v) is 9.05. The highest BCUT2D eigenvalue weighted by Gasteiger charge is 2.34. The number of fused-ring (bicyclic) bond motifs is 1. The van der Waals surface area contributed by atoms with Crippen molar-refractivity contribution in [3.05, 3.63) is 53.1 Å². The summed E-state index contributed by atoms with van der Waals surface area (Å²) in [6.45, 7) is 4.58. The van der Waals surface area contributed by atoms with Crippen LogP contribution in [0.1, 0.15) is 49.7 Å². The molecular weight excluding hydrogens is 459 g/mol. The van der Waals surface area contributed by atoms with Gasteiger partial charge >= 0.3 is 0 Å². The molecule has 1 heterocycles. The average Bonchev–Trinajstić information content (AvgIpc) is 3.63. The van der Waals surface area contributed by atoms with Gasteiger partial charge in [-0.1, -0.05) is 18.2 Å². The number of rotatable bonds is 10. The SMILES string of the molecule is COCC(Oc1cc2c(N[C@H](C)c3cccc(C(C)(F)F)c3F)nc(C)nc2cc1OC)C1CC1. The Labute approximate surface area is 202 Å². The highest BCUT2D eigenvalue weighted by Crippen LogP contribution is 2.40. The number of nitrogens with zero attached hydrogens (tertiary/aromatic N) is 2. The molecule has 3 aromatic rings. The van der Waals surface area contributed by atoms with E-state index in [0.717, 1.165) is 18.9 Å². The molecule has 0 aliphatic heterocycles. The van der Waals surface area contributed by atoms with Gasteiger partial charge < -0.3 is 19.5 Å². The minimum atomic E-state index is -3.29. The van der Waals surface area contributed by atoms with Crippen molar-refractivity contribution in [2.24, 2.45) is 5.92 Å². The topological polar surface area (TPSA) is 65.5 Å². The first-order valence-electron chi connectivity index (χ1n) is 11.6. The van der Waals surface area contributed by atoms with Crippen LogP contribution in [0.3, 0.4) is 0 Å². The summed E-state index contributed by atoms with van der Waals surface area (Å²) < 4.78 is 59.9. The molecule has 188 valence electrons. The zero-order valence-electron chi connectivity index (χ0n) is 20.5. The molecular formula is C26H30F3N3O3. The second kappa shape index (κ2) is 9.89. The quantitative estimate of drug-likeness (QED) is 0.367. The lowest BCUT2D eigenvalue weighted by atomic mass is 10.0. The summed E-state index contributed by atoms with van der Waals surface area (Å²) in [4.78, 5) is 9.02. The average molecular weight is 490 g/mol. The lowest BCUT2D eigenvalue weighted by molar-refractivity contribution is 0.0136. The Balaban J connectivity index is 1.72. The standard InChI is InChI=1S/C26H30F3N3O3/c1-14(17-7-6-8-19(24(17)27)26(3,28)29)30-25-18-11-22(35-23(13-33-4)16-9-10-16)21(34-5)12-20(18)31-15(2)32-25/h6-8,11-12,14,16,23H,9-10,13H2,1-5H3,(H,30,31,32)/t14-,23?/m1/s1. The number of ether oxygens (including phenoxy) is 3. The molecule has 9 heteroatoms. The third kappa shape index (κ3) is 5.45. The van der Waals surface area contributed by atoms with Crippen LogP contribution in [0.15, 0.2) is 30.3 Å². The van der Waals surface area contributed by atoms with Crippen molar-refractivity contribution in [3.8, 4) is 11.5 Å². The highest BCUT2D eigenvalue weighted by molar-refractivity contribution is 5.92. The van der Waals surface area contributed by atoms with E-state index in [9.17, 15) is 13.2 Å². The molecule has 0 bridgehead atoms. The summed E-state index contributed by atoms with van der Waals surface area (Å²) in [7, 11) is 3.20. The Kier molecular flexibility index (Phi) is 7.07. The van der Waals surface area contributed by atoms with Crippen molar-refractivity contribution in [2.75, 3.05) is 26.1 Å². The number of benzene rings is 2. The Morgan fingerprint density at radius 1 is 1.14 bits per heavy atom. The molecule has 1 unspecified atom stereocenters. The Morgan fingerprint density at radius 3 is 2.51 bits per heavy atom. The first kappa shape index (κ1) is 25.0. The van der Waals surface area contributed by atoms with E-state index < -0.39 is 23.3 Å². The first-order valence-corrected chi connectivity index (χ1v) is 11.6. The number of anilines is 1. The van der Waals surface area contributed by atoms with Crippen molar-refractivity contribution >= 4 is 16.7 Å². The van der Waals surface area contributed by atoms with E-state index in [0.29, 0.717) is 53.5 Å². The van der Waals surface area contributed by atoms with Crippen LogP contribution in [-0.2, 0) is 10.7 Å². The summed E-state index contributed by atoms with van der Waals surface area (Å²) in [6, 6.07) is 6.93. The molecule has 35 heavy (non-hydrogen) atoms. The molecule has 0 radical (unpaired) electrons. The number of methoxy groups -OCH3 is 2. The van der Waals surface area contributed by atoms with Gasteiger partial charge in [0.1, 0.15) is 23.6 Å². The predicted molar refractivity (Wildman–Crippen MR) is 128 cm³/mol. The van der Waals surface area contributed by atoms with Crippen molar-refractivity contribution in [1.29, 1.82) is 0 Å². The van der Waals surface area contributed by atoms with Crippen molar-refractivity contribution in [2.45, 2.75) is 51.7 Å². The van der Waals surface area contributed by atoms with Gasteiger partial charge in [0.05, 0.1) is 30.8 Å². The number of alkyl halides is 2. The smallest absolute Gasteiger partial charge is 0.273 e. The van der Waals surface area contributed by atoms with Gasteiger partial charge in [-0.15, -0.1) is 0 Å². The van der Waals surface area contributed by atoms with Gasteiger partial charge in [-0.25, -0.2) is 23.1 Å². The zero-order chi connectivity index (χ0) is 25.3. The molecule has 1 N–H and O–H groups in total. The Morgan fingerprint density at radius 2 is 1.89 bits per heavy atom. The third-order valence-corrected chi connectivity index (χ3v) is 6.17. The lowest BCUT2D eigenvalue weighted by Gasteiger charge is -2.22. The van der Waals surface area contributed by atoms with Gasteiger partial charge in [0.25, 0.3) is 5.92 Å². The Hall–Kier alpha value is -3.07. The summed E-state index contributed by atoms with van der Waals surface area (Å²) in [5.74, 6) is -1.82. The maximum atomic E-state index is 15.0. The maximum absolute atomic E-state index is 15.0. The third-order valence-electron chi connectivity index (χ3n) is 6.17. The van der Waals surface area contributed by atoms with E-state index >= 15 is 0 Å². The largest absolute Gasteiger partial charge is 0.493 e. The number of hydrogen-bond donors (Lipinski definition) is 1. The fraction of sp³-hybridized carbons (Fsp3) is 0.462. The summed E-state index contributed by atoms with van der Waals surface area (Å²) in [5.41, 5.74) is 0.0878. The summed E-state index contributed by atoms with van der Waals surface area (Å²) in [5, 5.41) is 3.82. The van der Waals surface area contributed by atoms with Crippen LogP contribution >= 0.6 is 0 Å². The van der Waals surface area contributed by atoms with E-state index in [-0.39, 0.29) is 11.7 Å². The van der Waals surface area contributed by atoms with Gasteiger partial charge in [-0.2, -0.15) is 0 Å². The highest BCUT2D eigenvalue weighted by atomic mass is 19.3. The van der Waals surface area contributed by atoms with E-state index in [1.165, 1.54) is 12.1 Å². The summed E-state index contributed by atoms with van der Waals surface area (Å²) in [6.07, 6.45) is 2.05. The van der Waals surface area contributed by atoms with E-state index in [4.69, 9.17) is 14.2 Å². The molecule has 4 rings (SSSR count). The number of aryl methyl sites for hydroxylation is 1. The summed E-state index contributed by atoms with van der Waals surface area (Å²) >= 11 is 0. The van der Waals surface area contributed by atoms with Crippen LogP contribution in [0.25, 0.3) is 10.9 Å². The van der Waals surface area contributed by atoms with Crippen molar-refractivity contribution < 1.29 is 27.4 Å². The van der Waals surface area contributed by atoms with Gasteiger partial charge in [-0.05, 0) is 38.7 Å². The van der Waals surface area contributed by atoms with Crippen LogP contribution < -0.4 is 14.8 Å². The molecule has 1 aliphatic rings. The van der Waals surface area contributed by atoms with Crippen LogP contribution in [-0.4, -0.2) is 36.9 Å². The van der Waals surface area contributed by atoms with Crippen LogP contribution in [0.4, 0.5) is 19.0 Å². The van der Waals surface area contributed by atoms with Crippen LogP contribution in [0.2, 0.25) is 0 Å². The fourth-order valence-corrected chi connectivity index (χ4v) is 4.18. The molecule has 6 nitrogen and oxygen atoms in total. The maximum Gasteiger partial charge on any atom is 0.273 e. The zero-order valence-corrected chi connectivity index (χ0v) is 20.5. The first-order chi connectivity index (χ1) is 16.6. The van der Waals surface area contributed by atoms with Gasteiger partial charge in [0.2, 0.25) is 0 Å². The van der Waals surface area contributed by atoms with Crippen molar-refractivity contribution in [1.82, 2.24) is 9.97 Å². The Bertz CT molecular complexity index is 1210. The molecule has 0 saturated heterocycles. The minimum absolute atomic E-state index is 0.111. The molecule has 1 aliphatic carbocycles. The molecule has 2 aromatic carbocycles. The normalized spacial score (nSPS) is 15.7. The second-order valence-electron chi connectivity index (χ2n) is 9.05. The van der Waals surface area contributed by atoms with E-state index in [2.05, 4.69) is 15.3 Å². The van der Waals surface area contributed by atoms with E-state index in [1.54, 1.807) is 40.2 Å². The number of nitrogens with one attached hydrogen (secondary N) is 1. The van der Waals surface area contributed by atoms with Gasteiger partial charge in [0, 0.05) is 31.0 Å². The molecule has 2 atom stereocenters. The molecule has 0 spiro atoms. The van der Waals surface area contributed by atoms with Crippen LogP contribution in [0, 0.1) is 18.7 Å². The lowest BCUT2D eigenvalue weighted by Crippen LogP contribution is -2.25. The molecule has 0 amide bonds. The monoisotopic (exact) mass is 489 g/mol. The number of aromatic nitrogens is 2. The molecule has 1 fully saturated rings. The number of hydrogen-bond acceptors (Lipinski definition) is 6. The van der Waals surface area contributed by atoms with Gasteiger partial charge in [0.15, 0.2) is 11.5 Å². The van der Waals surface area contributed by atoms with Crippen molar-refractivity contribution in [3.63, 3.8) is 0 Å². The van der Waals surface area contributed by atoms with E-state index in [1.807, 2.05) is 0 Å². The molecule has 1 saturated carbocycles. The van der Waals surface area contributed by atoms with Gasteiger partial charge in [-0.3, -0.25) is 0 Å². The van der Waals surface area contributed by atoms with Crippen LogP contribution in [0.5, 0.6) is 11.5 Å². The number of halogens is 3.